The number of aliphatic hydroxyl groups is 1. The van der Waals surface area contributed by atoms with Gasteiger partial charge in [0.25, 0.3) is 0 Å². The Morgan fingerprint density at radius 1 is 1.19 bits per heavy atom. The van der Waals surface area contributed by atoms with Crippen molar-refractivity contribution < 1.29 is 19.1 Å². The highest BCUT2D eigenvalue weighted by molar-refractivity contribution is 5.67. The van der Waals surface area contributed by atoms with E-state index in [2.05, 4.69) is 39.1 Å². The third kappa shape index (κ3) is 3.86. The molecule has 1 aromatic heterocycles. The number of carbonyl (C=O) groups is 1. The lowest BCUT2D eigenvalue weighted by Gasteiger charge is -2.62. The number of nitrogens with one attached hydrogen (secondary N) is 1. The van der Waals surface area contributed by atoms with Crippen LogP contribution in [0.2, 0.25) is 0 Å². The van der Waals surface area contributed by atoms with Gasteiger partial charge in [-0.05, 0) is 98.2 Å². The fraction of sp³-hybridized carbons (Fsp3) is 0.733. The maximum atomic E-state index is 12.6. The number of hydrogen-bond donors (Lipinski definition) is 2. The first-order valence-corrected chi connectivity index (χ1v) is 14.1. The van der Waals surface area contributed by atoms with Crippen LogP contribution in [-0.2, 0) is 4.74 Å². The van der Waals surface area contributed by atoms with Gasteiger partial charge in [-0.2, -0.15) is 0 Å². The number of carbonyl (C=O) groups excluding carboxylic acids is 1. The summed E-state index contributed by atoms with van der Waals surface area (Å²) in [5, 5.41) is 15.5. The van der Waals surface area contributed by atoms with Crippen LogP contribution >= 0.6 is 0 Å². The Morgan fingerprint density at radius 3 is 2.72 bits per heavy atom. The van der Waals surface area contributed by atoms with Crippen molar-refractivity contribution in [2.24, 2.45) is 28.6 Å². The normalized spacial score (nSPS) is 41.5. The van der Waals surface area contributed by atoms with Crippen LogP contribution in [0.5, 0.6) is 0 Å². The molecule has 5 rings (SSSR count). The van der Waals surface area contributed by atoms with Gasteiger partial charge in [0.15, 0.2) is 0 Å². The van der Waals surface area contributed by atoms with Crippen LogP contribution in [0.1, 0.15) is 97.0 Å². The highest BCUT2D eigenvalue weighted by atomic mass is 16.6. The quantitative estimate of drug-likeness (QED) is 0.388. The number of amides is 1. The third-order valence-electron chi connectivity index (χ3n) is 10.8. The summed E-state index contributed by atoms with van der Waals surface area (Å²) in [6.45, 7) is 9.65. The van der Waals surface area contributed by atoms with E-state index in [4.69, 9.17) is 9.15 Å². The number of alkyl carbamates (subject to hydrolysis) is 1. The minimum atomic E-state index is -0.752. The smallest absolute Gasteiger partial charge is 0.407 e. The Hall–Kier alpha value is -2.08. The summed E-state index contributed by atoms with van der Waals surface area (Å²) in [4.78, 5) is 23.8. The minimum Gasteiger partial charge on any atom is -0.442 e. The molecule has 3 saturated carbocycles. The molecule has 0 aromatic carbocycles. The van der Waals surface area contributed by atoms with Crippen molar-refractivity contribution in [3.05, 3.63) is 46.0 Å². The molecule has 4 aliphatic rings. The molecule has 0 spiro atoms. The van der Waals surface area contributed by atoms with Crippen LogP contribution in [0.15, 0.2) is 39.3 Å². The van der Waals surface area contributed by atoms with Gasteiger partial charge in [-0.25, -0.2) is 9.59 Å². The predicted molar refractivity (Wildman–Crippen MR) is 139 cm³/mol. The van der Waals surface area contributed by atoms with Crippen molar-refractivity contribution in [1.82, 2.24) is 5.32 Å². The fourth-order valence-electron chi connectivity index (χ4n) is 8.86. The average Bonchev–Trinajstić information content (AvgIpc) is 3.06. The van der Waals surface area contributed by atoms with Crippen LogP contribution < -0.4 is 10.9 Å². The molecule has 3 unspecified atom stereocenters. The van der Waals surface area contributed by atoms with E-state index in [9.17, 15) is 14.7 Å². The van der Waals surface area contributed by atoms with Crippen LogP contribution in [0.25, 0.3) is 0 Å². The SMILES string of the molecule is CCCCNC(=O)O[C@@H]1C=C2CCC3C(CC[C@]4(C)C(c5ccc(=O)oc5)C[C@@H](C)[C@]34O)[C@@]2(C)CC1. The summed E-state index contributed by atoms with van der Waals surface area (Å²) in [5.41, 5.74) is 1.16. The molecular weight excluding hydrogens is 454 g/mol. The highest BCUT2D eigenvalue weighted by Crippen LogP contribution is 2.71. The van der Waals surface area contributed by atoms with Crippen LogP contribution in [0.3, 0.4) is 0 Å². The zero-order valence-corrected chi connectivity index (χ0v) is 22.3. The lowest BCUT2D eigenvalue weighted by molar-refractivity contribution is -0.195. The second-order valence-corrected chi connectivity index (χ2v) is 12.5. The molecule has 198 valence electrons. The van der Waals surface area contributed by atoms with Crippen molar-refractivity contribution in [1.29, 1.82) is 0 Å². The number of unbranched alkanes of at least 4 members (excludes halogenated alkanes) is 1. The van der Waals surface area contributed by atoms with Crippen molar-refractivity contribution >= 4 is 6.09 Å². The lowest BCUT2D eigenvalue weighted by Crippen LogP contribution is -2.62. The molecule has 1 amide bonds. The number of ether oxygens (including phenoxy) is 1. The van der Waals surface area contributed by atoms with Gasteiger partial charge in [0.2, 0.25) is 0 Å². The Balaban J connectivity index is 1.37. The van der Waals surface area contributed by atoms with Crippen LogP contribution in [-0.4, -0.2) is 29.4 Å². The largest absolute Gasteiger partial charge is 0.442 e. The molecule has 6 nitrogen and oxygen atoms in total. The minimum absolute atomic E-state index is 0.0376. The van der Waals surface area contributed by atoms with E-state index in [0.29, 0.717) is 12.5 Å². The molecule has 0 bridgehead atoms. The monoisotopic (exact) mass is 497 g/mol. The summed E-state index contributed by atoms with van der Waals surface area (Å²) < 4.78 is 11.0. The van der Waals surface area contributed by atoms with E-state index < -0.39 is 5.60 Å². The first-order valence-electron chi connectivity index (χ1n) is 14.1. The van der Waals surface area contributed by atoms with E-state index in [0.717, 1.165) is 63.4 Å². The zero-order valence-electron chi connectivity index (χ0n) is 22.3. The van der Waals surface area contributed by atoms with Crippen molar-refractivity contribution in [3.8, 4) is 0 Å². The van der Waals surface area contributed by atoms with Gasteiger partial charge in [-0.3, -0.25) is 0 Å². The summed E-state index contributed by atoms with van der Waals surface area (Å²) in [6.07, 6.45) is 12.1. The second kappa shape index (κ2) is 9.34. The molecule has 6 heteroatoms. The topological polar surface area (TPSA) is 88.8 Å². The summed E-state index contributed by atoms with van der Waals surface area (Å²) in [7, 11) is 0. The number of rotatable bonds is 5. The van der Waals surface area contributed by atoms with Gasteiger partial charge < -0.3 is 19.6 Å². The van der Waals surface area contributed by atoms with E-state index in [-0.39, 0.29) is 46.4 Å². The van der Waals surface area contributed by atoms with Gasteiger partial charge in [-0.1, -0.05) is 39.7 Å². The maximum Gasteiger partial charge on any atom is 0.407 e. The molecule has 2 N–H and O–H groups in total. The molecule has 8 atom stereocenters. The molecule has 36 heavy (non-hydrogen) atoms. The zero-order chi connectivity index (χ0) is 25.7. The summed E-state index contributed by atoms with van der Waals surface area (Å²) in [5.74, 6) is 1.02. The van der Waals surface area contributed by atoms with Crippen LogP contribution in [0, 0.1) is 28.6 Å². The summed E-state index contributed by atoms with van der Waals surface area (Å²) in [6, 6.07) is 3.41. The van der Waals surface area contributed by atoms with E-state index in [1.54, 1.807) is 6.26 Å². The molecule has 3 fully saturated rings. The molecule has 0 radical (unpaired) electrons. The molecular formula is C30H43NO5. The molecule has 0 saturated heterocycles. The average molecular weight is 498 g/mol. The van der Waals surface area contributed by atoms with Crippen molar-refractivity contribution in [2.75, 3.05) is 6.54 Å². The van der Waals surface area contributed by atoms with Crippen molar-refractivity contribution in [3.63, 3.8) is 0 Å². The van der Waals surface area contributed by atoms with Crippen molar-refractivity contribution in [2.45, 2.75) is 103 Å². The molecule has 0 aliphatic heterocycles. The lowest BCUT2D eigenvalue weighted by atomic mass is 9.44. The second-order valence-electron chi connectivity index (χ2n) is 12.5. The van der Waals surface area contributed by atoms with Gasteiger partial charge in [0.05, 0.1) is 11.9 Å². The highest BCUT2D eigenvalue weighted by Gasteiger charge is 2.69. The Kier molecular flexibility index (Phi) is 6.63. The van der Waals surface area contributed by atoms with Gasteiger partial charge in [0, 0.05) is 18.0 Å². The third-order valence-corrected chi connectivity index (χ3v) is 10.8. The van der Waals surface area contributed by atoms with Crippen LogP contribution in [0.4, 0.5) is 4.79 Å². The Morgan fingerprint density at radius 2 is 2.00 bits per heavy atom. The number of hydrogen-bond acceptors (Lipinski definition) is 5. The fourth-order valence-corrected chi connectivity index (χ4v) is 8.86. The first kappa shape index (κ1) is 25.6. The Bertz CT molecular complexity index is 1060. The van der Waals surface area contributed by atoms with Gasteiger partial charge >= 0.3 is 11.7 Å². The summed E-state index contributed by atoms with van der Waals surface area (Å²) >= 11 is 0. The standard InChI is InChI=1S/C30H43NO5/c1-5-6-15-31-27(33)36-22-11-13-28(3)21(17-22)8-9-24-23(28)12-14-29(4)25(16-19(2)30(24,29)34)20-7-10-26(32)35-18-20/h7,10,17-19,22-25,34H,5-6,8-9,11-16H2,1-4H3,(H,31,33)/t19-,22+,23?,24?,25?,28+,29-,30+/m1/s1. The van der Waals surface area contributed by atoms with Gasteiger partial charge in [0.1, 0.15) is 6.10 Å². The number of fused-ring (bicyclic) bond motifs is 5. The number of allylic oxidation sites excluding steroid dienone is 1. The molecule has 1 aromatic rings. The van der Waals surface area contributed by atoms with E-state index in [1.165, 1.54) is 11.6 Å². The first-order chi connectivity index (χ1) is 17.1. The van der Waals surface area contributed by atoms with Gasteiger partial charge in [-0.15, -0.1) is 0 Å². The molecule has 1 heterocycles. The molecule has 4 aliphatic carbocycles. The predicted octanol–water partition coefficient (Wildman–Crippen LogP) is 5.94. The maximum absolute atomic E-state index is 12.6. The van der Waals surface area contributed by atoms with E-state index in [1.807, 2.05) is 6.07 Å². The van der Waals surface area contributed by atoms with E-state index >= 15 is 0 Å². The Labute approximate surface area is 214 Å².